The van der Waals surface area contributed by atoms with E-state index in [1.807, 2.05) is 0 Å². The van der Waals surface area contributed by atoms with E-state index in [0.717, 1.165) is 0 Å². The monoisotopic (exact) mass is 208 g/mol. The maximum absolute atomic E-state index is 10.6. The van der Waals surface area contributed by atoms with Crippen molar-refractivity contribution in [2.24, 2.45) is 0 Å². The number of hydrogen-bond donors (Lipinski definition) is 2. The molecule has 0 bridgehead atoms. The van der Waals surface area contributed by atoms with Crippen LogP contribution in [0.25, 0.3) is 0 Å². The van der Waals surface area contributed by atoms with Crippen molar-refractivity contribution in [2.75, 3.05) is 13.2 Å². The summed E-state index contributed by atoms with van der Waals surface area (Å²) in [7, 11) is -4.15. The van der Waals surface area contributed by atoms with E-state index in [2.05, 4.69) is 11.8 Å². The average Bonchev–Trinajstić information content (AvgIpc) is 2.02. The van der Waals surface area contributed by atoms with Gasteiger partial charge in [0, 0.05) is 0 Å². The van der Waals surface area contributed by atoms with Gasteiger partial charge >= 0.3 is 0 Å². The van der Waals surface area contributed by atoms with Crippen molar-refractivity contribution >= 4 is 10.1 Å². The molecule has 0 fully saturated rings. The van der Waals surface area contributed by atoms with Crippen LogP contribution in [0.5, 0.6) is 0 Å². The van der Waals surface area contributed by atoms with Gasteiger partial charge in [0.1, 0.15) is 13.2 Å². The summed E-state index contributed by atoms with van der Waals surface area (Å²) in [5.74, 6) is 4.66. The fraction of sp³-hybridized carbons (Fsp3) is 0.714. The van der Waals surface area contributed by atoms with E-state index in [1.54, 1.807) is 6.92 Å². The van der Waals surface area contributed by atoms with Gasteiger partial charge in [0.25, 0.3) is 10.1 Å². The van der Waals surface area contributed by atoms with Crippen LogP contribution in [-0.2, 0) is 14.9 Å². The molecule has 5 nitrogen and oxygen atoms in total. The van der Waals surface area contributed by atoms with Crippen molar-refractivity contribution in [1.82, 2.24) is 0 Å². The van der Waals surface area contributed by atoms with Crippen molar-refractivity contribution in [2.45, 2.75) is 18.8 Å². The molecule has 0 rings (SSSR count). The van der Waals surface area contributed by atoms with E-state index in [1.165, 1.54) is 0 Å². The molecule has 0 aliphatic carbocycles. The lowest BCUT2D eigenvalue weighted by Gasteiger charge is -2.09. The molecule has 0 saturated carbocycles. The summed E-state index contributed by atoms with van der Waals surface area (Å²) in [6, 6.07) is 0. The molecule has 0 aromatic rings. The molecule has 0 saturated heterocycles. The summed E-state index contributed by atoms with van der Waals surface area (Å²) < 4.78 is 34.4. The van der Waals surface area contributed by atoms with Gasteiger partial charge in [0.2, 0.25) is 0 Å². The zero-order valence-corrected chi connectivity index (χ0v) is 8.04. The van der Waals surface area contributed by atoms with Gasteiger partial charge in [0.05, 0.1) is 0 Å². The quantitative estimate of drug-likeness (QED) is 0.486. The lowest BCUT2D eigenvalue weighted by molar-refractivity contribution is 0.124. The first kappa shape index (κ1) is 12.4. The third-order valence-corrected chi connectivity index (χ3v) is 2.34. The Kier molecular flexibility index (Phi) is 5.66. The molecule has 1 atom stereocenters. The predicted octanol–water partition coefficient (Wildman–Crippen LogP) is -0.377. The first-order valence-electron chi connectivity index (χ1n) is 3.66. The lowest BCUT2D eigenvalue weighted by Crippen LogP contribution is -2.23. The molecule has 2 N–H and O–H groups in total. The number of aliphatic hydroxyl groups is 1. The van der Waals surface area contributed by atoms with Gasteiger partial charge < -0.3 is 9.84 Å². The van der Waals surface area contributed by atoms with Crippen LogP contribution >= 0.6 is 0 Å². The molecule has 0 aliphatic heterocycles. The van der Waals surface area contributed by atoms with Gasteiger partial charge in [-0.2, -0.15) is 8.42 Å². The molecule has 0 aliphatic rings. The summed E-state index contributed by atoms with van der Waals surface area (Å²) in [6.07, 6.45) is 0.152. The van der Waals surface area contributed by atoms with Gasteiger partial charge in [-0.3, -0.25) is 4.55 Å². The van der Waals surface area contributed by atoms with Crippen LogP contribution in [0.15, 0.2) is 0 Å². The molecule has 0 heterocycles. The first-order valence-corrected chi connectivity index (χ1v) is 5.17. The minimum Gasteiger partial charge on any atom is -0.384 e. The highest BCUT2D eigenvalue weighted by atomic mass is 32.2. The Morgan fingerprint density at radius 3 is 2.46 bits per heavy atom. The zero-order chi connectivity index (χ0) is 10.3. The Morgan fingerprint density at radius 2 is 2.08 bits per heavy atom. The van der Waals surface area contributed by atoms with E-state index >= 15 is 0 Å². The molecule has 76 valence electrons. The number of ether oxygens (including phenoxy) is 1. The summed E-state index contributed by atoms with van der Waals surface area (Å²) in [5, 5.41) is 8.25. The fourth-order valence-electron chi connectivity index (χ4n) is 0.656. The molecule has 0 aromatic heterocycles. The Bertz CT molecular complexity index is 284. The van der Waals surface area contributed by atoms with E-state index in [4.69, 9.17) is 14.4 Å². The van der Waals surface area contributed by atoms with Crippen LogP contribution in [0.3, 0.4) is 0 Å². The second kappa shape index (κ2) is 5.94. The topological polar surface area (TPSA) is 83.8 Å². The van der Waals surface area contributed by atoms with Crippen LogP contribution < -0.4 is 0 Å². The highest BCUT2D eigenvalue weighted by Crippen LogP contribution is 2.04. The van der Waals surface area contributed by atoms with Crippen molar-refractivity contribution in [3.8, 4) is 11.8 Å². The van der Waals surface area contributed by atoms with Crippen LogP contribution in [-0.4, -0.2) is 36.7 Å². The van der Waals surface area contributed by atoms with Crippen molar-refractivity contribution < 1.29 is 22.8 Å². The van der Waals surface area contributed by atoms with Crippen molar-refractivity contribution in [3.63, 3.8) is 0 Å². The van der Waals surface area contributed by atoms with Crippen LogP contribution in [0.1, 0.15) is 13.3 Å². The van der Waals surface area contributed by atoms with Gasteiger partial charge in [-0.15, -0.1) is 0 Å². The number of aliphatic hydroxyl groups excluding tert-OH is 1. The fourth-order valence-corrected chi connectivity index (χ4v) is 1.32. The Hall–Kier alpha value is -0.610. The van der Waals surface area contributed by atoms with Gasteiger partial charge in [-0.1, -0.05) is 18.8 Å². The Morgan fingerprint density at radius 1 is 1.46 bits per heavy atom. The highest BCUT2D eigenvalue weighted by molar-refractivity contribution is 7.86. The average molecular weight is 208 g/mol. The van der Waals surface area contributed by atoms with Crippen LogP contribution in [0.2, 0.25) is 0 Å². The molecule has 0 spiro atoms. The van der Waals surface area contributed by atoms with Crippen molar-refractivity contribution in [1.29, 1.82) is 0 Å². The molecular weight excluding hydrogens is 196 g/mol. The van der Waals surface area contributed by atoms with E-state index in [0.29, 0.717) is 0 Å². The number of hydrogen-bond acceptors (Lipinski definition) is 4. The molecule has 13 heavy (non-hydrogen) atoms. The maximum atomic E-state index is 10.6. The van der Waals surface area contributed by atoms with E-state index < -0.39 is 15.6 Å². The second-order valence-corrected chi connectivity index (χ2v) is 3.73. The smallest absolute Gasteiger partial charge is 0.292 e. The largest absolute Gasteiger partial charge is 0.384 e. The minimum absolute atomic E-state index is 0.126. The number of rotatable bonds is 4. The third kappa shape index (κ3) is 5.60. The van der Waals surface area contributed by atoms with Crippen molar-refractivity contribution in [3.05, 3.63) is 0 Å². The third-order valence-electron chi connectivity index (χ3n) is 1.21. The second-order valence-electron chi connectivity index (χ2n) is 2.18. The lowest BCUT2D eigenvalue weighted by atomic mass is 10.5. The molecule has 6 heteroatoms. The Labute approximate surface area is 77.5 Å². The maximum Gasteiger partial charge on any atom is 0.292 e. The zero-order valence-electron chi connectivity index (χ0n) is 7.23. The SMILES string of the molecule is CCC(OCC#CCO)S(=O)(=O)O. The summed E-state index contributed by atoms with van der Waals surface area (Å²) in [5.41, 5.74) is -1.24. The van der Waals surface area contributed by atoms with Crippen LogP contribution in [0.4, 0.5) is 0 Å². The van der Waals surface area contributed by atoms with Gasteiger partial charge in [-0.05, 0) is 6.42 Å². The molecule has 0 radical (unpaired) electrons. The predicted molar refractivity (Wildman–Crippen MR) is 46.4 cm³/mol. The molecule has 0 amide bonds. The summed E-state index contributed by atoms with van der Waals surface area (Å²) in [6.45, 7) is 1.14. The minimum atomic E-state index is -4.15. The van der Waals surface area contributed by atoms with Gasteiger partial charge in [-0.25, -0.2) is 0 Å². The Balaban J connectivity index is 4.02. The van der Waals surface area contributed by atoms with E-state index in [9.17, 15) is 8.42 Å². The highest BCUT2D eigenvalue weighted by Gasteiger charge is 2.20. The van der Waals surface area contributed by atoms with Gasteiger partial charge in [0.15, 0.2) is 5.44 Å². The molecule has 1 unspecified atom stereocenters. The molecule has 0 aromatic carbocycles. The molecular formula is C7H12O5S. The first-order chi connectivity index (χ1) is 6.02. The normalized spacial score (nSPS) is 13.2. The van der Waals surface area contributed by atoms with E-state index in [-0.39, 0.29) is 19.6 Å². The summed E-state index contributed by atoms with van der Waals surface area (Å²) in [4.78, 5) is 0. The standard InChI is InChI=1S/C7H12O5S/c1-2-7(13(9,10)11)12-6-4-3-5-8/h7-8H,2,5-6H2,1H3,(H,9,10,11). The summed E-state index contributed by atoms with van der Waals surface area (Å²) >= 11 is 0. The van der Waals surface area contributed by atoms with Crippen LogP contribution in [0, 0.1) is 11.8 Å².